The Labute approximate surface area is 145 Å². The van der Waals surface area contributed by atoms with Crippen LogP contribution in [0.5, 0.6) is 5.75 Å². The first kappa shape index (κ1) is 16.0. The second-order valence-electron chi connectivity index (χ2n) is 4.80. The number of ether oxygens (including phenoxy) is 1. The smallest absolute Gasteiger partial charge is 0.200 e. The molecule has 0 aliphatic carbocycles. The van der Waals surface area contributed by atoms with Crippen LogP contribution in [0.2, 0.25) is 5.02 Å². The third-order valence-electron chi connectivity index (χ3n) is 3.32. The van der Waals surface area contributed by atoms with Crippen LogP contribution >= 0.6 is 27.5 Å². The molecule has 118 valence electrons. The summed E-state index contributed by atoms with van der Waals surface area (Å²) in [4.78, 5) is 0. The number of rotatable bonds is 4. The van der Waals surface area contributed by atoms with Gasteiger partial charge >= 0.3 is 0 Å². The first-order valence-corrected chi connectivity index (χ1v) is 7.92. The molecule has 1 aromatic heterocycles. The highest BCUT2D eigenvalue weighted by atomic mass is 79.9. The summed E-state index contributed by atoms with van der Waals surface area (Å²) in [6.07, 6.45) is 1.86. The topological polar surface area (TPSA) is 14.2 Å². The quantitative estimate of drug-likeness (QED) is 0.546. The van der Waals surface area contributed by atoms with Crippen molar-refractivity contribution in [2.24, 2.45) is 0 Å². The number of halogens is 4. The van der Waals surface area contributed by atoms with E-state index in [-0.39, 0.29) is 12.4 Å². The molecule has 3 rings (SSSR count). The third kappa shape index (κ3) is 3.41. The van der Waals surface area contributed by atoms with E-state index in [1.165, 1.54) is 12.1 Å². The average molecular weight is 399 g/mol. The molecule has 6 heteroatoms. The zero-order valence-corrected chi connectivity index (χ0v) is 14.1. The van der Waals surface area contributed by atoms with Crippen molar-refractivity contribution in [3.05, 3.63) is 81.6 Å². The lowest BCUT2D eigenvalue weighted by Crippen LogP contribution is -2.05. The van der Waals surface area contributed by atoms with Crippen LogP contribution in [0.3, 0.4) is 0 Å². The fourth-order valence-corrected chi connectivity index (χ4v) is 2.71. The van der Waals surface area contributed by atoms with E-state index in [2.05, 4.69) is 15.9 Å². The second-order valence-corrected chi connectivity index (χ2v) is 6.09. The van der Waals surface area contributed by atoms with Gasteiger partial charge in [0.2, 0.25) is 5.82 Å². The van der Waals surface area contributed by atoms with Crippen molar-refractivity contribution in [2.75, 3.05) is 0 Å². The number of aromatic nitrogens is 1. The Hall–Kier alpha value is -1.85. The van der Waals surface area contributed by atoms with Crippen molar-refractivity contribution in [2.45, 2.75) is 6.61 Å². The fourth-order valence-electron chi connectivity index (χ4n) is 2.16. The third-order valence-corrected chi connectivity index (χ3v) is 4.30. The average Bonchev–Trinajstić information content (AvgIpc) is 2.91. The molecule has 0 N–H and O–H groups in total. The van der Waals surface area contributed by atoms with Gasteiger partial charge in [0.1, 0.15) is 6.61 Å². The molecule has 1 heterocycles. The lowest BCUT2D eigenvalue weighted by molar-refractivity contribution is 0.278. The molecule has 2 nitrogen and oxygen atoms in total. The number of hydrogen-bond acceptors (Lipinski definition) is 1. The van der Waals surface area contributed by atoms with E-state index >= 15 is 0 Å². The van der Waals surface area contributed by atoms with Gasteiger partial charge < -0.3 is 9.30 Å². The highest BCUT2D eigenvalue weighted by molar-refractivity contribution is 9.10. The fraction of sp³-hybridized carbons (Fsp3) is 0.0588. The van der Waals surface area contributed by atoms with Crippen LogP contribution in [-0.2, 0) is 6.61 Å². The predicted octanol–water partition coefficient (Wildman–Crippen LogP) is 5.75. The molecular weight excluding hydrogens is 388 g/mol. The molecule has 0 atom stereocenters. The molecule has 3 aromatic rings. The summed E-state index contributed by atoms with van der Waals surface area (Å²) in [5, 5.41) is 0.639. The van der Waals surface area contributed by atoms with Crippen LogP contribution in [0.15, 0.2) is 59.2 Å². The van der Waals surface area contributed by atoms with Crippen LogP contribution in [-0.4, -0.2) is 4.57 Å². The summed E-state index contributed by atoms with van der Waals surface area (Å²) in [7, 11) is 0. The molecule has 0 radical (unpaired) electrons. The summed E-state index contributed by atoms with van der Waals surface area (Å²) >= 11 is 9.34. The van der Waals surface area contributed by atoms with E-state index in [4.69, 9.17) is 16.3 Å². The lowest BCUT2D eigenvalue weighted by atomic mass is 10.3. The Bertz CT molecular complexity index is 833. The maximum Gasteiger partial charge on any atom is 0.200 e. The van der Waals surface area contributed by atoms with Gasteiger partial charge in [-0.15, -0.1) is 0 Å². The van der Waals surface area contributed by atoms with Crippen LogP contribution in [0, 0.1) is 11.6 Å². The van der Waals surface area contributed by atoms with Crippen LogP contribution in [0.25, 0.3) is 5.69 Å². The van der Waals surface area contributed by atoms with E-state index in [1.807, 2.05) is 29.0 Å². The highest BCUT2D eigenvalue weighted by Crippen LogP contribution is 2.26. The summed E-state index contributed by atoms with van der Waals surface area (Å²) in [5.74, 6) is -2.05. The Morgan fingerprint density at radius 1 is 1.04 bits per heavy atom. The van der Waals surface area contributed by atoms with Crippen LogP contribution in [0.1, 0.15) is 5.69 Å². The van der Waals surface area contributed by atoms with Crippen molar-refractivity contribution < 1.29 is 13.5 Å². The standard InChI is InChI=1S/C17H11BrClF2NO/c18-13-8-9-22(12-6-4-11(19)5-7-12)15(13)10-23-16-3-1-2-14(20)17(16)21/h1-9H,10H2. The van der Waals surface area contributed by atoms with Gasteiger partial charge in [0.15, 0.2) is 11.6 Å². The highest BCUT2D eigenvalue weighted by Gasteiger charge is 2.13. The summed E-state index contributed by atoms with van der Waals surface area (Å²) in [6, 6.07) is 13.0. The summed E-state index contributed by atoms with van der Waals surface area (Å²) in [6.45, 7) is 0.0799. The Morgan fingerprint density at radius 2 is 1.78 bits per heavy atom. The zero-order valence-electron chi connectivity index (χ0n) is 11.8. The molecule has 0 spiro atoms. The van der Waals surface area contributed by atoms with Crippen molar-refractivity contribution in [3.63, 3.8) is 0 Å². The van der Waals surface area contributed by atoms with E-state index < -0.39 is 11.6 Å². The molecule has 0 saturated heterocycles. The SMILES string of the molecule is Fc1cccc(OCc2c(Br)ccn2-c2ccc(Cl)cc2)c1F. The van der Waals surface area contributed by atoms with E-state index in [1.54, 1.807) is 12.1 Å². The Morgan fingerprint density at radius 3 is 2.52 bits per heavy atom. The molecule has 0 unspecified atom stereocenters. The van der Waals surface area contributed by atoms with Gasteiger partial charge in [-0.25, -0.2) is 4.39 Å². The molecule has 23 heavy (non-hydrogen) atoms. The zero-order chi connectivity index (χ0) is 16.4. The molecule has 0 aliphatic rings. The molecule has 2 aromatic carbocycles. The summed E-state index contributed by atoms with van der Waals surface area (Å²) in [5.41, 5.74) is 1.66. The van der Waals surface area contributed by atoms with E-state index in [0.29, 0.717) is 5.02 Å². The molecule has 0 bridgehead atoms. The second kappa shape index (κ2) is 6.72. The van der Waals surface area contributed by atoms with Gasteiger partial charge in [0.25, 0.3) is 0 Å². The van der Waals surface area contributed by atoms with Crippen molar-refractivity contribution in [1.29, 1.82) is 0 Å². The monoisotopic (exact) mass is 397 g/mol. The van der Waals surface area contributed by atoms with Crippen LogP contribution < -0.4 is 4.74 Å². The molecular formula is C17H11BrClF2NO. The van der Waals surface area contributed by atoms with E-state index in [9.17, 15) is 8.78 Å². The van der Waals surface area contributed by atoms with Gasteiger partial charge in [-0.2, -0.15) is 4.39 Å². The number of nitrogens with zero attached hydrogens (tertiary/aromatic N) is 1. The molecule has 0 saturated carbocycles. The van der Waals surface area contributed by atoms with Gasteiger partial charge in [0.05, 0.1) is 5.69 Å². The minimum Gasteiger partial charge on any atom is -0.484 e. The van der Waals surface area contributed by atoms with Crippen LogP contribution in [0.4, 0.5) is 8.78 Å². The normalized spacial score (nSPS) is 10.8. The van der Waals surface area contributed by atoms with Crippen molar-refractivity contribution in [1.82, 2.24) is 4.57 Å². The largest absolute Gasteiger partial charge is 0.484 e. The van der Waals surface area contributed by atoms with Crippen molar-refractivity contribution >= 4 is 27.5 Å². The van der Waals surface area contributed by atoms with Crippen molar-refractivity contribution in [3.8, 4) is 11.4 Å². The van der Waals surface area contributed by atoms with Gasteiger partial charge in [0, 0.05) is 21.4 Å². The first-order chi connectivity index (χ1) is 11.1. The first-order valence-electron chi connectivity index (χ1n) is 6.75. The van der Waals surface area contributed by atoms with E-state index in [0.717, 1.165) is 21.9 Å². The predicted molar refractivity (Wildman–Crippen MR) is 89.2 cm³/mol. The molecule has 0 aliphatic heterocycles. The molecule has 0 fully saturated rings. The van der Waals surface area contributed by atoms with Gasteiger partial charge in [-0.05, 0) is 58.4 Å². The maximum atomic E-state index is 13.7. The maximum absolute atomic E-state index is 13.7. The minimum absolute atomic E-state index is 0.0799. The Kier molecular flexibility index (Phi) is 4.68. The number of hydrogen-bond donors (Lipinski definition) is 0. The number of benzene rings is 2. The lowest BCUT2D eigenvalue weighted by Gasteiger charge is -2.12. The molecule has 0 amide bonds. The minimum atomic E-state index is -0.992. The van der Waals surface area contributed by atoms with Gasteiger partial charge in [-0.3, -0.25) is 0 Å². The summed E-state index contributed by atoms with van der Waals surface area (Å²) < 4.78 is 35.0. The Balaban J connectivity index is 1.87. The van der Waals surface area contributed by atoms with Gasteiger partial charge in [-0.1, -0.05) is 17.7 Å².